The Kier molecular flexibility index (Phi) is 5.71. The van der Waals surface area contributed by atoms with Gasteiger partial charge < -0.3 is 0 Å². The second kappa shape index (κ2) is 7.06. The van der Waals surface area contributed by atoms with Gasteiger partial charge in [-0.25, -0.2) is 0 Å². The van der Waals surface area contributed by atoms with Crippen molar-refractivity contribution < 1.29 is 17.6 Å². The molecule has 0 radical (unpaired) electrons. The predicted molar refractivity (Wildman–Crippen MR) is 64.2 cm³/mol. The van der Waals surface area contributed by atoms with Gasteiger partial charge in [0.1, 0.15) is 0 Å². The molecule has 0 fully saturated rings. The number of benzene rings is 2. The topological polar surface area (TPSA) is 0 Å². The minimum Gasteiger partial charge on any atom is -0.140 e. The highest BCUT2D eigenvalue weighted by atomic mass is 32.2. The fourth-order valence-electron chi connectivity index (χ4n) is 1.11. The van der Waals surface area contributed by atoms with Gasteiger partial charge in [-0.15, -0.1) is 17.6 Å². The van der Waals surface area contributed by atoms with Crippen LogP contribution < -0.4 is 0 Å². The minimum atomic E-state index is -5.50. The summed E-state index contributed by atoms with van der Waals surface area (Å²) in [5.74, 6) is 0. The zero-order valence-electron chi connectivity index (χ0n) is 9.19. The molecule has 96 valence electrons. The summed E-state index contributed by atoms with van der Waals surface area (Å²) in [6.45, 7) is 0. The van der Waals surface area contributed by atoms with Crippen LogP contribution in [0.3, 0.4) is 0 Å². The predicted octanol–water partition coefficient (Wildman–Crippen LogP) is 5.31. The highest BCUT2D eigenvalue weighted by Gasteiger charge is 2.24. The van der Waals surface area contributed by atoms with Crippen molar-refractivity contribution in [2.24, 2.45) is 0 Å². The zero-order valence-corrected chi connectivity index (χ0v) is 10.0. The van der Waals surface area contributed by atoms with Crippen LogP contribution in [0.5, 0.6) is 0 Å². The summed E-state index contributed by atoms with van der Waals surface area (Å²) >= 11 is 1.79. The Hall–Kier alpha value is -1.49. The van der Waals surface area contributed by atoms with Gasteiger partial charge in [-0.3, -0.25) is 0 Å². The van der Waals surface area contributed by atoms with Crippen LogP contribution in [-0.2, 0) is 0 Å². The van der Waals surface area contributed by atoms with Crippen LogP contribution in [0.4, 0.5) is 17.6 Å². The third kappa shape index (κ3) is 7.73. The van der Waals surface area contributed by atoms with Gasteiger partial charge in [0.05, 0.1) is 0 Å². The first-order chi connectivity index (χ1) is 8.45. The third-order valence-electron chi connectivity index (χ3n) is 1.72. The van der Waals surface area contributed by atoms with E-state index in [9.17, 15) is 17.6 Å². The molecule has 0 atom stereocenters. The van der Waals surface area contributed by atoms with Crippen molar-refractivity contribution in [2.75, 3.05) is 0 Å². The molecule has 0 aliphatic carbocycles. The van der Waals surface area contributed by atoms with Crippen LogP contribution >= 0.6 is 11.8 Å². The van der Waals surface area contributed by atoms with E-state index in [0.717, 1.165) is 0 Å². The summed E-state index contributed by atoms with van der Waals surface area (Å²) in [6, 6.07) is 20.8. The largest absolute Gasteiger partial charge is 0.559 e. The van der Waals surface area contributed by atoms with E-state index in [1.54, 1.807) is 11.8 Å². The van der Waals surface area contributed by atoms with Gasteiger partial charge in [-0.05, 0) is 24.3 Å². The van der Waals surface area contributed by atoms with Gasteiger partial charge in [-0.1, -0.05) is 48.2 Å². The van der Waals surface area contributed by atoms with Gasteiger partial charge in [-0.2, -0.15) is 0 Å². The Morgan fingerprint density at radius 1 is 0.611 bits per heavy atom. The maximum atomic E-state index is 9.69. The van der Waals surface area contributed by atoms with E-state index >= 15 is 0 Å². The Labute approximate surface area is 107 Å². The molecular formula is C13H10F4S. The first-order valence-electron chi connectivity index (χ1n) is 4.99. The second-order valence-electron chi connectivity index (χ2n) is 3.16. The molecular weight excluding hydrogens is 264 g/mol. The molecule has 0 aliphatic rings. The van der Waals surface area contributed by atoms with Crippen LogP contribution in [0, 0.1) is 0 Å². The summed E-state index contributed by atoms with van der Waals surface area (Å²) in [7, 11) is 0. The molecule has 5 heteroatoms. The molecule has 18 heavy (non-hydrogen) atoms. The highest BCUT2D eigenvalue weighted by molar-refractivity contribution is 7.99. The molecule has 0 spiro atoms. The van der Waals surface area contributed by atoms with Crippen LogP contribution in [0.1, 0.15) is 0 Å². The van der Waals surface area contributed by atoms with E-state index in [1.807, 2.05) is 12.1 Å². The Bertz CT molecular complexity index is 396. The molecule has 2 aromatic rings. The summed E-state index contributed by atoms with van der Waals surface area (Å²) in [5.41, 5.74) is 0. The highest BCUT2D eigenvalue weighted by Crippen LogP contribution is 2.26. The van der Waals surface area contributed by atoms with E-state index in [4.69, 9.17) is 0 Å². The van der Waals surface area contributed by atoms with Crippen molar-refractivity contribution in [3.8, 4) is 0 Å². The fourth-order valence-corrected chi connectivity index (χ4v) is 1.97. The van der Waals surface area contributed by atoms with Gasteiger partial charge in [0.25, 0.3) is 0 Å². The lowest BCUT2D eigenvalue weighted by molar-refractivity contribution is -0.237. The summed E-state index contributed by atoms with van der Waals surface area (Å²) in [4.78, 5) is 2.57. The average molecular weight is 274 g/mol. The molecule has 2 rings (SSSR count). The quantitative estimate of drug-likeness (QED) is 0.668. The molecule has 2 aromatic carbocycles. The molecule has 0 amide bonds. The normalized spacial score (nSPS) is 10.4. The molecule has 0 saturated heterocycles. The molecule has 0 bridgehead atoms. The summed E-state index contributed by atoms with van der Waals surface area (Å²) in [6.07, 6.45) is -5.50. The summed E-state index contributed by atoms with van der Waals surface area (Å²) in [5, 5.41) is 0. The van der Waals surface area contributed by atoms with Gasteiger partial charge in [0.15, 0.2) is 0 Å². The van der Waals surface area contributed by atoms with Crippen LogP contribution in [0.2, 0.25) is 0 Å². The molecule has 0 nitrogen and oxygen atoms in total. The molecule has 0 heterocycles. The fraction of sp³-hybridized carbons (Fsp3) is 0.0769. The van der Waals surface area contributed by atoms with Crippen molar-refractivity contribution in [3.05, 3.63) is 60.7 Å². The van der Waals surface area contributed by atoms with Crippen molar-refractivity contribution in [1.82, 2.24) is 0 Å². The third-order valence-corrected chi connectivity index (χ3v) is 2.74. The van der Waals surface area contributed by atoms with Gasteiger partial charge in [0.2, 0.25) is 0 Å². The van der Waals surface area contributed by atoms with Gasteiger partial charge in [0, 0.05) is 9.79 Å². The number of halogens is 4. The average Bonchev–Trinajstić information content (AvgIpc) is 2.29. The van der Waals surface area contributed by atoms with Crippen molar-refractivity contribution >= 4 is 11.8 Å². The lowest BCUT2D eigenvalue weighted by atomic mass is 10.4. The monoisotopic (exact) mass is 274 g/mol. The smallest absolute Gasteiger partial charge is 0.140 e. The Balaban J connectivity index is 0.000000280. The maximum absolute atomic E-state index is 9.69. The SMILES string of the molecule is FC(F)(F)F.c1ccc(Sc2ccccc2)cc1. The lowest BCUT2D eigenvalue weighted by Gasteiger charge is -1.99. The van der Waals surface area contributed by atoms with Crippen molar-refractivity contribution in [3.63, 3.8) is 0 Å². The van der Waals surface area contributed by atoms with E-state index in [1.165, 1.54) is 9.79 Å². The van der Waals surface area contributed by atoms with Crippen molar-refractivity contribution in [1.29, 1.82) is 0 Å². The van der Waals surface area contributed by atoms with E-state index in [2.05, 4.69) is 48.5 Å². The molecule has 0 aromatic heterocycles. The molecule has 0 saturated carbocycles. The minimum absolute atomic E-state index is 1.29. The van der Waals surface area contributed by atoms with Gasteiger partial charge >= 0.3 is 6.43 Å². The molecule has 0 aliphatic heterocycles. The summed E-state index contributed by atoms with van der Waals surface area (Å²) < 4.78 is 38.8. The van der Waals surface area contributed by atoms with Crippen LogP contribution in [-0.4, -0.2) is 6.43 Å². The first kappa shape index (κ1) is 14.6. The lowest BCUT2D eigenvalue weighted by Crippen LogP contribution is -1.92. The first-order valence-corrected chi connectivity index (χ1v) is 5.80. The van der Waals surface area contributed by atoms with Crippen molar-refractivity contribution in [2.45, 2.75) is 16.2 Å². The number of hydrogen-bond acceptors (Lipinski definition) is 1. The second-order valence-corrected chi connectivity index (χ2v) is 4.30. The van der Waals surface area contributed by atoms with E-state index in [0.29, 0.717) is 0 Å². The molecule has 0 unspecified atom stereocenters. The van der Waals surface area contributed by atoms with Crippen LogP contribution in [0.25, 0.3) is 0 Å². The molecule has 0 N–H and O–H groups in total. The number of rotatable bonds is 2. The Morgan fingerprint density at radius 2 is 0.889 bits per heavy atom. The zero-order chi connectivity index (χ0) is 13.4. The van der Waals surface area contributed by atoms with Crippen LogP contribution in [0.15, 0.2) is 70.5 Å². The number of alkyl halides is 4. The maximum Gasteiger partial charge on any atom is 0.559 e. The van der Waals surface area contributed by atoms with E-state index in [-0.39, 0.29) is 0 Å². The number of hydrogen-bond donors (Lipinski definition) is 0. The van der Waals surface area contributed by atoms with E-state index < -0.39 is 6.43 Å². The Morgan fingerprint density at radius 3 is 1.17 bits per heavy atom. The standard InChI is InChI=1S/C12H10S.CF4/c1-3-7-11(8-4-1)13-12-9-5-2-6-10-12;2-1(3,4)5/h1-10H;.